The van der Waals surface area contributed by atoms with E-state index in [2.05, 4.69) is 16.3 Å². The molecule has 0 aromatic heterocycles. The van der Waals surface area contributed by atoms with Crippen molar-refractivity contribution < 1.29 is 9.53 Å². The summed E-state index contributed by atoms with van der Waals surface area (Å²) >= 11 is 0. The lowest BCUT2D eigenvalue weighted by Crippen LogP contribution is -2.32. The third-order valence-corrected chi connectivity index (χ3v) is 4.72. The molecule has 1 saturated heterocycles. The zero-order valence-electron chi connectivity index (χ0n) is 10.8. The molecule has 3 aliphatic rings. The molecule has 1 aromatic carbocycles. The minimum absolute atomic E-state index is 0.0532. The summed E-state index contributed by atoms with van der Waals surface area (Å²) in [5.41, 5.74) is 1.89. The van der Waals surface area contributed by atoms with Crippen LogP contribution in [0.1, 0.15) is 10.4 Å². The van der Waals surface area contributed by atoms with Crippen LogP contribution in [-0.4, -0.2) is 38.8 Å². The maximum atomic E-state index is 12.0. The molecule has 4 nitrogen and oxygen atoms in total. The van der Waals surface area contributed by atoms with Gasteiger partial charge in [-0.3, -0.25) is 4.79 Å². The number of carbonyl (C=O) groups is 1. The molecule has 0 radical (unpaired) electrons. The Kier molecular flexibility index (Phi) is 2.52. The van der Waals surface area contributed by atoms with Crippen LogP contribution in [0.15, 0.2) is 24.3 Å². The molecule has 4 heteroatoms. The van der Waals surface area contributed by atoms with Gasteiger partial charge in [-0.05, 0) is 29.9 Å². The molecule has 2 aliphatic heterocycles. The summed E-state index contributed by atoms with van der Waals surface area (Å²) in [6.45, 7) is 4.56. The highest BCUT2D eigenvalue weighted by atomic mass is 16.5. The number of anilines is 1. The van der Waals surface area contributed by atoms with E-state index in [1.54, 1.807) is 0 Å². The molecule has 100 valence electrons. The predicted molar refractivity (Wildman–Crippen MR) is 72.3 cm³/mol. The number of ether oxygens (including phenoxy) is 1. The van der Waals surface area contributed by atoms with Crippen molar-refractivity contribution in [3.8, 4) is 0 Å². The second kappa shape index (κ2) is 4.23. The average molecular weight is 258 g/mol. The van der Waals surface area contributed by atoms with Crippen molar-refractivity contribution in [2.24, 2.45) is 17.8 Å². The maximum absolute atomic E-state index is 12.0. The quantitative estimate of drug-likeness (QED) is 0.864. The fourth-order valence-corrected chi connectivity index (χ4v) is 3.54. The second-order valence-corrected chi connectivity index (χ2v) is 5.75. The van der Waals surface area contributed by atoms with Crippen molar-refractivity contribution in [2.45, 2.75) is 0 Å². The van der Waals surface area contributed by atoms with E-state index in [1.165, 1.54) is 0 Å². The van der Waals surface area contributed by atoms with Crippen LogP contribution in [-0.2, 0) is 4.74 Å². The summed E-state index contributed by atoms with van der Waals surface area (Å²) in [5.74, 6) is 2.34. The lowest BCUT2D eigenvalue weighted by Gasteiger charge is -2.24. The Hall–Kier alpha value is -1.55. The van der Waals surface area contributed by atoms with Gasteiger partial charge in [-0.1, -0.05) is 12.1 Å². The topological polar surface area (TPSA) is 41.6 Å². The van der Waals surface area contributed by atoms with Gasteiger partial charge in [0, 0.05) is 25.3 Å². The first-order chi connectivity index (χ1) is 9.34. The van der Waals surface area contributed by atoms with Gasteiger partial charge < -0.3 is 15.0 Å². The molecule has 1 amide bonds. The molecule has 1 saturated carbocycles. The van der Waals surface area contributed by atoms with Crippen LogP contribution in [0.25, 0.3) is 0 Å². The molecular weight excluding hydrogens is 240 g/mol. The number of fused-ring (bicyclic) bond motifs is 2. The van der Waals surface area contributed by atoms with E-state index in [0.29, 0.717) is 0 Å². The zero-order valence-corrected chi connectivity index (χ0v) is 10.8. The van der Waals surface area contributed by atoms with Crippen molar-refractivity contribution in [2.75, 3.05) is 37.7 Å². The van der Waals surface area contributed by atoms with Crippen LogP contribution in [0.3, 0.4) is 0 Å². The molecule has 1 aromatic rings. The Labute approximate surface area is 112 Å². The molecular formula is C15H18N2O2. The number of carbonyl (C=O) groups excluding carboxylic acids is 1. The first-order valence-electron chi connectivity index (χ1n) is 7.04. The summed E-state index contributed by atoms with van der Waals surface area (Å²) < 4.78 is 5.45. The molecule has 19 heavy (non-hydrogen) atoms. The molecule has 2 atom stereocenters. The molecule has 0 spiro atoms. The number of amides is 1. The average Bonchev–Trinajstić information content (AvgIpc) is 2.91. The van der Waals surface area contributed by atoms with Crippen LogP contribution >= 0.6 is 0 Å². The number of benzene rings is 1. The first-order valence-corrected chi connectivity index (χ1v) is 7.04. The smallest absolute Gasteiger partial charge is 0.253 e. The Morgan fingerprint density at radius 3 is 2.89 bits per heavy atom. The highest BCUT2D eigenvalue weighted by molar-refractivity contribution is 6.00. The highest BCUT2D eigenvalue weighted by Gasteiger charge is 2.54. The molecule has 2 unspecified atom stereocenters. The third-order valence-electron chi connectivity index (χ3n) is 4.72. The minimum Gasteiger partial charge on any atom is -0.381 e. The van der Waals surface area contributed by atoms with Crippen molar-refractivity contribution in [3.63, 3.8) is 0 Å². The number of para-hydroxylation sites is 1. The van der Waals surface area contributed by atoms with Crippen LogP contribution in [0, 0.1) is 17.8 Å². The largest absolute Gasteiger partial charge is 0.381 e. The highest BCUT2D eigenvalue weighted by Crippen LogP contribution is 2.51. The summed E-state index contributed by atoms with van der Waals surface area (Å²) in [7, 11) is 0. The Balaban J connectivity index is 1.58. The van der Waals surface area contributed by atoms with Crippen LogP contribution < -0.4 is 10.2 Å². The van der Waals surface area contributed by atoms with E-state index in [-0.39, 0.29) is 5.91 Å². The van der Waals surface area contributed by atoms with E-state index in [0.717, 1.165) is 61.9 Å². The van der Waals surface area contributed by atoms with Gasteiger partial charge in [-0.2, -0.15) is 0 Å². The normalized spacial score (nSPS) is 32.3. The van der Waals surface area contributed by atoms with Gasteiger partial charge in [-0.15, -0.1) is 0 Å². The number of hydrogen-bond acceptors (Lipinski definition) is 3. The maximum Gasteiger partial charge on any atom is 0.253 e. The number of hydrogen-bond donors (Lipinski definition) is 1. The van der Waals surface area contributed by atoms with Crippen molar-refractivity contribution in [1.82, 2.24) is 5.32 Å². The predicted octanol–water partition coefficient (Wildman–Crippen LogP) is 1.13. The van der Waals surface area contributed by atoms with Gasteiger partial charge in [-0.25, -0.2) is 0 Å². The SMILES string of the molecule is O=C1NCCN(CC2C3COCC32)c2ccccc21. The van der Waals surface area contributed by atoms with Crippen LogP contribution in [0.2, 0.25) is 0 Å². The summed E-state index contributed by atoms with van der Waals surface area (Å²) in [6, 6.07) is 7.93. The fourth-order valence-electron chi connectivity index (χ4n) is 3.54. The summed E-state index contributed by atoms with van der Waals surface area (Å²) in [6.07, 6.45) is 0. The van der Waals surface area contributed by atoms with Gasteiger partial charge in [0.25, 0.3) is 5.91 Å². The molecule has 1 N–H and O–H groups in total. The van der Waals surface area contributed by atoms with Crippen molar-refractivity contribution >= 4 is 11.6 Å². The zero-order chi connectivity index (χ0) is 12.8. The van der Waals surface area contributed by atoms with Gasteiger partial charge in [0.2, 0.25) is 0 Å². The van der Waals surface area contributed by atoms with E-state index in [9.17, 15) is 4.79 Å². The number of nitrogens with zero attached hydrogens (tertiary/aromatic N) is 1. The Bertz CT molecular complexity index is 507. The van der Waals surface area contributed by atoms with Crippen LogP contribution in [0.5, 0.6) is 0 Å². The molecule has 2 fully saturated rings. The summed E-state index contributed by atoms with van der Waals surface area (Å²) in [4.78, 5) is 14.4. The van der Waals surface area contributed by atoms with Gasteiger partial charge >= 0.3 is 0 Å². The summed E-state index contributed by atoms with van der Waals surface area (Å²) in [5, 5.41) is 2.97. The lowest BCUT2D eigenvalue weighted by atomic mass is 10.1. The van der Waals surface area contributed by atoms with Gasteiger partial charge in [0.05, 0.1) is 18.8 Å². The Morgan fingerprint density at radius 2 is 2.05 bits per heavy atom. The minimum atomic E-state index is 0.0532. The van der Waals surface area contributed by atoms with Gasteiger partial charge in [0.1, 0.15) is 0 Å². The van der Waals surface area contributed by atoms with E-state index < -0.39 is 0 Å². The third kappa shape index (κ3) is 1.82. The standard InChI is InChI=1S/C15H18N2O2/c18-15-10-3-1-2-4-14(10)17(6-5-16-15)7-11-12-8-19-9-13(11)12/h1-4,11-13H,5-9H2,(H,16,18). The molecule has 1 aliphatic carbocycles. The van der Waals surface area contributed by atoms with Crippen molar-refractivity contribution in [3.05, 3.63) is 29.8 Å². The molecule has 0 bridgehead atoms. The molecule has 2 heterocycles. The van der Waals surface area contributed by atoms with Gasteiger partial charge in [0.15, 0.2) is 0 Å². The van der Waals surface area contributed by atoms with E-state index >= 15 is 0 Å². The number of rotatable bonds is 2. The van der Waals surface area contributed by atoms with Crippen LogP contribution in [0.4, 0.5) is 5.69 Å². The lowest BCUT2D eigenvalue weighted by molar-refractivity contribution is 0.0958. The first kappa shape index (κ1) is 11.3. The fraction of sp³-hybridized carbons (Fsp3) is 0.533. The second-order valence-electron chi connectivity index (χ2n) is 5.75. The number of nitrogens with one attached hydrogen (secondary N) is 1. The van der Waals surface area contributed by atoms with E-state index in [4.69, 9.17) is 4.74 Å². The van der Waals surface area contributed by atoms with E-state index in [1.807, 2.05) is 18.2 Å². The Morgan fingerprint density at radius 1 is 1.26 bits per heavy atom. The van der Waals surface area contributed by atoms with Crippen molar-refractivity contribution in [1.29, 1.82) is 0 Å². The monoisotopic (exact) mass is 258 g/mol. The molecule has 4 rings (SSSR count).